The maximum atomic E-state index is 15.4. The Labute approximate surface area is 277 Å². The van der Waals surface area contributed by atoms with Crippen LogP contribution in [0.1, 0.15) is 35.9 Å². The number of benzene rings is 2. The first-order chi connectivity index (χ1) is 21.9. The number of allylic oxidation sites excluding steroid dienone is 2. The summed E-state index contributed by atoms with van der Waals surface area (Å²) in [6, 6.07) is 10.9. The van der Waals surface area contributed by atoms with E-state index >= 15 is 13.2 Å². The smallest absolute Gasteiger partial charge is 0.370 e. The minimum atomic E-state index is -5.30. The van der Waals surface area contributed by atoms with E-state index in [2.05, 4.69) is 24.6 Å². The van der Waals surface area contributed by atoms with Gasteiger partial charge in [-0.2, -0.15) is 18.4 Å². The van der Waals surface area contributed by atoms with Gasteiger partial charge in [0.15, 0.2) is 5.82 Å². The van der Waals surface area contributed by atoms with Gasteiger partial charge in [0, 0.05) is 36.7 Å². The number of halogens is 3. The molecule has 14 heteroatoms. The molecular formula is C33H37F3N4O4S2Si. The van der Waals surface area contributed by atoms with Gasteiger partial charge in [-0.1, -0.05) is 43.9 Å². The van der Waals surface area contributed by atoms with Gasteiger partial charge in [0.25, 0.3) is 0 Å². The number of imidazole rings is 1. The highest BCUT2D eigenvalue weighted by Crippen LogP contribution is 2.48. The molecule has 2 aromatic carbocycles. The van der Waals surface area contributed by atoms with Gasteiger partial charge in [0.1, 0.15) is 11.5 Å². The molecule has 0 saturated heterocycles. The second-order valence-corrected chi connectivity index (χ2v) is 22.0. The molecule has 0 fully saturated rings. The second-order valence-electron chi connectivity index (χ2n) is 13.2. The Morgan fingerprint density at radius 1 is 1.19 bits per heavy atom. The summed E-state index contributed by atoms with van der Waals surface area (Å²) in [6.07, 6.45) is 3.21. The quantitative estimate of drug-likeness (QED) is 0.135. The number of aromatic nitrogens is 3. The number of fused-ring (bicyclic) bond motifs is 2. The number of aryl methyl sites for hydroxylation is 1. The zero-order valence-electron chi connectivity index (χ0n) is 27.0. The number of rotatable bonds is 10. The zero-order chi connectivity index (χ0) is 34.6. The van der Waals surface area contributed by atoms with Crippen molar-refractivity contribution in [3.63, 3.8) is 0 Å². The fourth-order valence-electron chi connectivity index (χ4n) is 5.80. The maximum absolute atomic E-state index is 15.4. The van der Waals surface area contributed by atoms with Crippen LogP contribution in [0.15, 0.2) is 65.7 Å². The number of hydrogen-bond acceptors (Lipinski definition) is 7. The van der Waals surface area contributed by atoms with Gasteiger partial charge in [-0.3, -0.25) is 0 Å². The Kier molecular flexibility index (Phi) is 9.13. The average molecular weight is 703 g/mol. The Morgan fingerprint density at radius 3 is 2.55 bits per heavy atom. The number of aliphatic hydroxyl groups is 1. The molecule has 250 valence electrons. The summed E-state index contributed by atoms with van der Waals surface area (Å²) in [4.78, 5) is 5.04. The number of alkyl halides is 3. The zero-order valence-corrected chi connectivity index (χ0v) is 29.6. The molecule has 1 aliphatic rings. The van der Waals surface area contributed by atoms with E-state index in [4.69, 9.17) is 4.74 Å². The van der Waals surface area contributed by atoms with Crippen molar-refractivity contribution in [2.45, 2.75) is 69.2 Å². The molecule has 4 aromatic rings. The van der Waals surface area contributed by atoms with Crippen LogP contribution < -0.4 is 0 Å². The third kappa shape index (κ3) is 6.08. The van der Waals surface area contributed by atoms with E-state index in [1.165, 1.54) is 52.9 Å². The summed E-state index contributed by atoms with van der Waals surface area (Å²) in [5.41, 5.74) is -3.32. The van der Waals surface area contributed by atoms with Crippen molar-refractivity contribution in [2.24, 2.45) is 0 Å². The summed E-state index contributed by atoms with van der Waals surface area (Å²) in [5.74, 6) is -0.749. The summed E-state index contributed by atoms with van der Waals surface area (Å²) in [7, 11) is -5.72. The van der Waals surface area contributed by atoms with E-state index < -0.39 is 46.0 Å². The molecule has 8 nitrogen and oxygen atoms in total. The molecule has 2 heterocycles. The topological polar surface area (TPSA) is 110 Å². The molecule has 2 atom stereocenters. The van der Waals surface area contributed by atoms with Crippen LogP contribution in [0.3, 0.4) is 0 Å². The highest BCUT2D eigenvalue weighted by Gasteiger charge is 2.60. The lowest BCUT2D eigenvalue weighted by Gasteiger charge is -2.32. The normalized spacial score (nSPS) is 18.8. The predicted molar refractivity (Wildman–Crippen MR) is 182 cm³/mol. The van der Waals surface area contributed by atoms with Gasteiger partial charge < -0.3 is 14.4 Å². The van der Waals surface area contributed by atoms with Gasteiger partial charge in [0.05, 0.1) is 28.2 Å². The molecule has 0 radical (unpaired) electrons. The lowest BCUT2D eigenvalue weighted by Crippen LogP contribution is -2.46. The van der Waals surface area contributed by atoms with Gasteiger partial charge in [0.2, 0.25) is 15.6 Å². The van der Waals surface area contributed by atoms with E-state index in [0.717, 1.165) is 21.0 Å². The minimum absolute atomic E-state index is 0.0286. The van der Waals surface area contributed by atoms with Crippen LogP contribution in [-0.2, 0) is 27.1 Å². The first-order valence-corrected chi connectivity index (χ1v) is 21.3. The maximum Gasteiger partial charge on any atom is 0.428 e. The van der Waals surface area contributed by atoms with Crippen LogP contribution in [0.5, 0.6) is 0 Å². The Bertz CT molecular complexity index is 2070. The van der Waals surface area contributed by atoms with Gasteiger partial charge in [-0.05, 0) is 68.5 Å². The van der Waals surface area contributed by atoms with E-state index in [1.807, 2.05) is 18.4 Å². The standard InChI is InChI=1S/C33H37F3N4O4S2Si/c1-22-9-11-26(25-13-15-40(29(22)25)46(42,43)31(2)14-7-8-24(19-31)45-3)32(41,33(34,35)36)30-38-27-18-23(20-37)10-12-28(27)39(30)21-44-16-17-47(4,5)6/h7-13,15,18-19,41H,14,16-17,21H2,1-6H3. The highest BCUT2D eigenvalue weighted by molar-refractivity contribution is 8.02. The van der Waals surface area contributed by atoms with E-state index in [9.17, 15) is 18.8 Å². The first-order valence-electron chi connectivity index (χ1n) is 15.0. The second kappa shape index (κ2) is 12.3. The number of hydrogen-bond donors (Lipinski definition) is 1. The number of nitrogens with zero attached hydrogens (tertiary/aromatic N) is 4. The van der Waals surface area contributed by atoms with Crippen molar-refractivity contribution in [2.75, 3.05) is 12.9 Å². The van der Waals surface area contributed by atoms with E-state index in [0.29, 0.717) is 12.2 Å². The molecule has 1 aliphatic carbocycles. The van der Waals surface area contributed by atoms with Crippen LogP contribution in [0.2, 0.25) is 25.7 Å². The Balaban J connectivity index is 1.74. The molecule has 0 spiro atoms. The van der Waals surface area contributed by atoms with Crippen LogP contribution >= 0.6 is 11.8 Å². The molecule has 5 rings (SSSR count). The molecule has 2 aromatic heterocycles. The molecule has 1 N–H and O–H groups in total. The monoisotopic (exact) mass is 702 g/mol. The summed E-state index contributed by atoms with van der Waals surface area (Å²) in [5, 5.41) is 21.4. The van der Waals surface area contributed by atoms with Crippen LogP contribution in [-0.4, -0.2) is 58.9 Å². The Morgan fingerprint density at radius 2 is 1.91 bits per heavy atom. The largest absolute Gasteiger partial charge is 0.428 e. The predicted octanol–water partition coefficient (Wildman–Crippen LogP) is 7.43. The van der Waals surface area contributed by atoms with Crippen LogP contribution in [0.4, 0.5) is 13.2 Å². The molecule has 0 bridgehead atoms. The molecule has 47 heavy (non-hydrogen) atoms. The molecule has 2 unspecified atom stereocenters. The number of thioether (sulfide) groups is 1. The highest BCUT2D eigenvalue weighted by atomic mass is 32.2. The van der Waals surface area contributed by atoms with Gasteiger partial charge in [-0.25, -0.2) is 17.4 Å². The fraction of sp³-hybridized carbons (Fsp3) is 0.394. The van der Waals surface area contributed by atoms with E-state index in [-0.39, 0.29) is 40.7 Å². The number of ether oxygens (including phenoxy) is 1. The van der Waals surface area contributed by atoms with Crippen molar-refractivity contribution < 1.29 is 31.4 Å². The first kappa shape index (κ1) is 35.0. The van der Waals surface area contributed by atoms with Crippen molar-refractivity contribution in [1.29, 1.82) is 5.26 Å². The SMILES string of the molecule is CSC1=CC(C)(S(=O)(=O)n2ccc3c(C(O)(c4nc5cc(C#N)ccc5n4COCC[Si](C)(C)C)C(F)(F)F)ccc(C)c32)CC=C1. The average Bonchev–Trinajstić information content (AvgIpc) is 3.61. The van der Waals surface area contributed by atoms with Crippen molar-refractivity contribution in [3.8, 4) is 6.07 Å². The lowest BCUT2D eigenvalue weighted by molar-refractivity contribution is -0.252. The van der Waals surface area contributed by atoms with Gasteiger partial charge in [-0.15, -0.1) is 11.8 Å². The van der Waals surface area contributed by atoms with Crippen LogP contribution in [0, 0.1) is 18.3 Å². The third-order valence-corrected chi connectivity index (χ3v) is 13.3. The summed E-state index contributed by atoms with van der Waals surface area (Å²) >= 11 is 1.39. The minimum Gasteiger partial charge on any atom is -0.370 e. The summed E-state index contributed by atoms with van der Waals surface area (Å²) < 4.78 is 81.5. The molecular weight excluding hydrogens is 666 g/mol. The fourth-order valence-corrected chi connectivity index (χ4v) is 8.98. The lowest BCUT2D eigenvalue weighted by atomic mass is 9.88. The Hall–Kier alpha value is -3.35. The summed E-state index contributed by atoms with van der Waals surface area (Å²) in [6.45, 7) is 9.61. The molecule has 0 amide bonds. The van der Waals surface area contributed by atoms with Crippen molar-refractivity contribution in [1.82, 2.24) is 13.5 Å². The number of nitriles is 1. The molecule has 0 saturated carbocycles. The van der Waals surface area contributed by atoms with Crippen molar-refractivity contribution >= 4 is 51.8 Å². The van der Waals surface area contributed by atoms with Gasteiger partial charge >= 0.3 is 6.18 Å². The van der Waals surface area contributed by atoms with E-state index in [1.54, 1.807) is 26.0 Å². The van der Waals surface area contributed by atoms with Crippen LogP contribution in [0.25, 0.3) is 21.9 Å². The molecule has 0 aliphatic heterocycles. The van der Waals surface area contributed by atoms with Crippen molar-refractivity contribution in [3.05, 3.63) is 88.2 Å². The third-order valence-electron chi connectivity index (χ3n) is 8.57.